The quantitative estimate of drug-likeness (QED) is 0.472. The molecule has 0 radical (unpaired) electrons. The van der Waals surface area contributed by atoms with Crippen molar-refractivity contribution in [3.05, 3.63) is 47.5 Å². The molecular weight excluding hydrogens is 384 g/mol. The van der Waals surface area contributed by atoms with E-state index >= 15 is 0 Å². The van der Waals surface area contributed by atoms with Crippen LogP contribution in [-0.2, 0) is 0 Å². The van der Waals surface area contributed by atoms with Gasteiger partial charge in [-0.15, -0.1) is 0 Å². The largest absolute Gasteiger partial charge is 0.493 e. The van der Waals surface area contributed by atoms with Gasteiger partial charge in [0.15, 0.2) is 11.5 Å². The maximum Gasteiger partial charge on any atom is 0.161 e. The number of rotatable bonds is 7. The van der Waals surface area contributed by atoms with Gasteiger partial charge >= 0.3 is 0 Å². The standard InChI is InChI=1S/C27H36N2O2/c1-6-7-18(2)29-14-12-20(13-15-29)21-8-10-24-23(16-21)19(3)27(28-24)22-9-11-25(30-4)26(17-22)31-5/h8-11,16-18,20,28H,6-7,12-15H2,1-5H3. The van der Waals surface area contributed by atoms with Gasteiger partial charge in [0, 0.05) is 28.2 Å². The van der Waals surface area contributed by atoms with Gasteiger partial charge in [-0.05, 0) is 93.6 Å². The summed E-state index contributed by atoms with van der Waals surface area (Å²) in [6.45, 7) is 9.31. The van der Waals surface area contributed by atoms with Crippen LogP contribution in [0, 0.1) is 6.92 Å². The minimum absolute atomic E-state index is 0.660. The Morgan fingerprint density at radius 3 is 2.45 bits per heavy atom. The Hall–Kier alpha value is -2.46. The van der Waals surface area contributed by atoms with Gasteiger partial charge < -0.3 is 19.4 Å². The monoisotopic (exact) mass is 420 g/mol. The van der Waals surface area contributed by atoms with E-state index in [1.807, 2.05) is 12.1 Å². The van der Waals surface area contributed by atoms with E-state index < -0.39 is 0 Å². The zero-order chi connectivity index (χ0) is 22.0. The van der Waals surface area contributed by atoms with Crippen LogP contribution < -0.4 is 9.47 Å². The maximum absolute atomic E-state index is 5.51. The molecule has 1 N–H and O–H groups in total. The van der Waals surface area contributed by atoms with E-state index in [4.69, 9.17) is 9.47 Å². The number of fused-ring (bicyclic) bond motifs is 1. The number of hydrogen-bond acceptors (Lipinski definition) is 3. The van der Waals surface area contributed by atoms with Crippen molar-refractivity contribution in [1.29, 1.82) is 0 Å². The maximum atomic E-state index is 5.51. The van der Waals surface area contributed by atoms with Gasteiger partial charge in [0.2, 0.25) is 0 Å². The smallest absolute Gasteiger partial charge is 0.161 e. The Morgan fingerprint density at radius 2 is 1.77 bits per heavy atom. The van der Waals surface area contributed by atoms with Gasteiger partial charge in [-0.1, -0.05) is 19.4 Å². The summed E-state index contributed by atoms with van der Waals surface area (Å²) in [5, 5.41) is 1.32. The molecule has 0 amide bonds. The van der Waals surface area contributed by atoms with Gasteiger partial charge in [0.05, 0.1) is 14.2 Å². The number of aromatic amines is 1. The number of H-pyrrole nitrogens is 1. The molecule has 0 aliphatic carbocycles. The predicted octanol–water partition coefficient (Wildman–Crippen LogP) is 6.53. The van der Waals surface area contributed by atoms with Gasteiger partial charge in [-0.3, -0.25) is 0 Å². The number of aromatic nitrogens is 1. The highest BCUT2D eigenvalue weighted by Gasteiger charge is 2.24. The van der Waals surface area contributed by atoms with Crippen molar-refractivity contribution < 1.29 is 9.47 Å². The summed E-state index contributed by atoms with van der Waals surface area (Å²) in [6, 6.07) is 13.8. The minimum atomic E-state index is 0.660. The van der Waals surface area contributed by atoms with Crippen molar-refractivity contribution >= 4 is 10.9 Å². The number of likely N-dealkylation sites (tertiary alicyclic amines) is 1. The van der Waals surface area contributed by atoms with E-state index in [0.29, 0.717) is 12.0 Å². The van der Waals surface area contributed by atoms with Crippen LogP contribution in [0.25, 0.3) is 22.2 Å². The fourth-order valence-corrected chi connectivity index (χ4v) is 5.15. The van der Waals surface area contributed by atoms with Crippen molar-refractivity contribution in [2.45, 2.75) is 58.4 Å². The third kappa shape index (κ3) is 4.31. The van der Waals surface area contributed by atoms with Crippen LogP contribution in [0.4, 0.5) is 0 Å². The van der Waals surface area contributed by atoms with Crippen LogP contribution in [0.15, 0.2) is 36.4 Å². The average Bonchev–Trinajstić information content (AvgIpc) is 3.14. The lowest BCUT2D eigenvalue weighted by atomic mass is 9.88. The molecule has 0 saturated carbocycles. The van der Waals surface area contributed by atoms with Gasteiger partial charge in [0.1, 0.15) is 0 Å². The lowest BCUT2D eigenvalue weighted by Gasteiger charge is -2.36. The number of aryl methyl sites for hydroxylation is 1. The highest BCUT2D eigenvalue weighted by atomic mass is 16.5. The second-order valence-corrected chi connectivity index (χ2v) is 8.95. The van der Waals surface area contributed by atoms with E-state index in [2.05, 4.69) is 54.9 Å². The number of methoxy groups -OCH3 is 2. The lowest BCUT2D eigenvalue weighted by Crippen LogP contribution is -2.39. The van der Waals surface area contributed by atoms with Crippen LogP contribution >= 0.6 is 0 Å². The molecular formula is C27H36N2O2. The molecule has 1 fully saturated rings. The SMILES string of the molecule is CCCC(C)N1CCC(c2ccc3[nH]c(-c4ccc(OC)c(OC)c4)c(C)c3c2)CC1. The fourth-order valence-electron chi connectivity index (χ4n) is 5.15. The van der Waals surface area contributed by atoms with Crippen LogP contribution in [-0.4, -0.2) is 43.2 Å². The molecule has 2 heterocycles. The van der Waals surface area contributed by atoms with Crippen molar-refractivity contribution in [3.63, 3.8) is 0 Å². The second-order valence-electron chi connectivity index (χ2n) is 8.95. The van der Waals surface area contributed by atoms with Crippen molar-refractivity contribution in [3.8, 4) is 22.8 Å². The van der Waals surface area contributed by atoms with Crippen LogP contribution in [0.1, 0.15) is 56.6 Å². The van der Waals surface area contributed by atoms with Crippen molar-refractivity contribution in [2.24, 2.45) is 0 Å². The Bertz CT molecular complexity index is 1030. The lowest BCUT2D eigenvalue weighted by molar-refractivity contribution is 0.154. The summed E-state index contributed by atoms with van der Waals surface area (Å²) in [7, 11) is 3.35. The van der Waals surface area contributed by atoms with Gasteiger partial charge in [-0.2, -0.15) is 0 Å². The summed E-state index contributed by atoms with van der Waals surface area (Å²) in [4.78, 5) is 6.31. The number of nitrogens with zero attached hydrogens (tertiary/aromatic N) is 1. The normalized spacial score (nSPS) is 16.5. The third-order valence-electron chi connectivity index (χ3n) is 7.09. The highest BCUT2D eigenvalue weighted by molar-refractivity contribution is 5.91. The molecule has 4 rings (SSSR count). The van der Waals surface area contributed by atoms with Crippen LogP contribution in [0.2, 0.25) is 0 Å². The number of piperidine rings is 1. The Balaban J connectivity index is 1.58. The molecule has 1 aliphatic heterocycles. The fraction of sp³-hybridized carbons (Fsp3) is 0.481. The van der Waals surface area contributed by atoms with E-state index in [9.17, 15) is 0 Å². The summed E-state index contributed by atoms with van der Waals surface area (Å²) < 4.78 is 10.9. The summed E-state index contributed by atoms with van der Waals surface area (Å²) >= 11 is 0. The molecule has 1 aromatic heterocycles. The molecule has 166 valence electrons. The second kappa shape index (κ2) is 9.35. The van der Waals surface area contributed by atoms with Gasteiger partial charge in [-0.25, -0.2) is 0 Å². The number of benzene rings is 2. The number of hydrogen-bond donors (Lipinski definition) is 1. The molecule has 3 aromatic rings. The van der Waals surface area contributed by atoms with Crippen LogP contribution in [0.5, 0.6) is 11.5 Å². The topological polar surface area (TPSA) is 37.5 Å². The number of ether oxygens (including phenoxy) is 2. The summed E-state index contributed by atoms with van der Waals surface area (Å²) in [5.41, 5.74) is 6.23. The Labute approximate surface area is 186 Å². The highest BCUT2D eigenvalue weighted by Crippen LogP contribution is 2.37. The first-order valence-corrected chi connectivity index (χ1v) is 11.6. The molecule has 4 heteroatoms. The minimum Gasteiger partial charge on any atom is -0.493 e. The summed E-state index contributed by atoms with van der Waals surface area (Å²) in [6.07, 6.45) is 5.09. The molecule has 31 heavy (non-hydrogen) atoms. The molecule has 2 aromatic carbocycles. The third-order valence-corrected chi connectivity index (χ3v) is 7.09. The van der Waals surface area contributed by atoms with Gasteiger partial charge in [0.25, 0.3) is 0 Å². The van der Waals surface area contributed by atoms with E-state index in [1.165, 1.54) is 60.8 Å². The molecule has 0 bridgehead atoms. The molecule has 1 saturated heterocycles. The van der Waals surface area contributed by atoms with E-state index in [0.717, 1.165) is 22.8 Å². The molecule has 4 nitrogen and oxygen atoms in total. The number of nitrogens with one attached hydrogen (secondary N) is 1. The van der Waals surface area contributed by atoms with E-state index in [-0.39, 0.29) is 0 Å². The average molecular weight is 421 g/mol. The van der Waals surface area contributed by atoms with Crippen molar-refractivity contribution in [2.75, 3.05) is 27.3 Å². The van der Waals surface area contributed by atoms with Crippen LogP contribution in [0.3, 0.4) is 0 Å². The van der Waals surface area contributed by atoms with Crippen molar-refractivity contribution in [1.82, 2.24) is 9.88 Å². The predicted molar refractivity (Wildman–Crippen MR) is 129 cm³/mol. The molecule has 1 aliphatic rings. The first kappa shape index (κ1) is 21.8. The molecule has 1 atom stereocenters. The zero-order valence-corrected chi connectivity index (χ0v) is 19.6. The first-order chi connectivity index (χ1) is 15.0. The first-order valence-electron chi connectivity index (χ1n) is 11.6. The molecule has 0 spiro atoms. The molecule has 1 unspecified atom stereocenters. The Morgan fingerprint density at radius 1 is 1.03 bits per heavy atom. The zero-order valence-electron chi connectivity index (χ0n) is 19.6. The van der Waals surface area contributed by atoms with E-state index in [1.54, 1.807) is 14.2 Å². The summed E-state index contributed by atoms with van der Waals surface area (Å²) in [5.74, 6) is 2.16. The Kier molecular flexibility index (Phi) is 6.57.